The number of nitrogens with one attached hydrogen (secondary N) is 1. The van der Waals surface area contributed by atoms with Crippen molar-refractivity contribution in [2.24, 2.45) is 0 Å². The summed E-state index contributed by atoms with van der Waals surface area (Å²) in [5.74, 6) is 1.72. The number of hydrogen-bond acceptors (Lipinski definition) is 4. The number of anilines is 1. The van der Waals surface area contributed by atoms with Crippen LogP contribution in [0.2, 0.25) is 0 Å². The van der Waals surface area contributed by atoms with E-state index in [1.165, 1.54) is 5.69 Å². The predicted molar refractivity (Wildman–Crippen MR) is 84.5 cm³/mol. The van der Waals surface area contributed by atoms with Crippen LogP contribution < -0.4 is 10.2 Å². The highest BCUT2D eigenvalue weighted by Crippen LogP contribution is 2.19. The summed E-state index contributed by atoms with van der Waals surface area (Å²) >= 11 is 0. The van der Waals surface area contributed by atoms with Crippen LogP contribution in [-0.4, -0.2) is 24.1 Å². The molecular weight excluding hydrogens is 262 g/mol. The minimum absolute atomic E-state index is 0.553. The van der Waals surface area contributed by atoms with E-state index in [0.29, 0.717) is 6.04 Å². The minimum atomic E-state index is 0.553. The molecule has 1 aromatic carbocycles. The molecule has 1 saturated heterocycles. The summed E-state index contributed by atoms with van der Waals surface area (Å²) in [6.07, 6.45) is 2.32. The second-order valence-electron chi connectivity index (χ2n) is 5.73. The number of benzene rings is 1. The van der Waals surface area contributed by atoms with Gasteiger partial charge in [-0.2, -0.15) is 0 Å². The molecule has 1 aromatic heterocycles. The fourth-order valence-corrected chi connectivity index (χ4v) is 2.83. The Balaban J connectivity index is 1.48. The molecule has 0 aliphatic carbocycles. The monoisotopic (exact) mass is 285 g/mol. The third kappa shape index (κ3) is 3.45. The van der Waals surface area contributed by atoms with E-state index in [4.69, 9.17) is 4.42 Å². The van der Waals surface area contributed by atoms with Crippen molar-refractivity contribution in [3.05, 3.63) is 47.7 Å². The van der Waals surface area contributed by atoms with Gasteiger partial charge >= 0.3 is 0 Å². The van der Waals surface area contributed by atoms with E-state index in [0.717, 1.165) is 49.8 Å². The maximum absolute atomic E-state index is 5.61. The predicted octanol–water partition coefficient (Wildman–Crippen LogP) is 3.05. The van der Waals surface area contributed by atoms with E-state index in [2.05, 4.69) is 45.5 Å². The van der Waals surface area contributed by atoms with Crippen molar-refractivity contribution < 1.29 is 4.42 Å². The fourth-order valence-electron chi connectivity index (χ4n) is 2.83. The number of nitrogens with zero attached hydrogens (tertiary/aromatic N) is 2. The highest BCUT2D eigenvalue weighted by Gasteiger charge is 2.19. The molecule has 4 nitrogen and oxygen atoms in total. The van der Waals surface area contributed by atoms with Gasteiger partial charge in [0.05, 0.1) is 12.2 Å². The van der Waals surface area contributed by atoms with Gasteiger partial charge in [-0.25, -0.2) is 4.98 Å². The highest BCUT2D eigenvalue weighted by atomic mass is 16.4. The van der Waals surface area contributed by atoms with Crippen molar-refractivity contribution in [1.29, 1.82) is 0 Å². The molecule has 0 unspecified atom stereocenters. The van der Waals surface area contributed by atoms with Crippen LogP contribution in [0.25, 0.3) is 0 Å². The zero-order valence-corrected chi connectivity index (χ0v) is 12.8. The van der Waals surface area contributed by atoms with Gasteiger partial charge in [0.2, 0.25) is 5.89 Å². The van der Waals surface area contributed by atoms with Gasteiger partial charge in [0.1, 0.15) is 5.76 Å². The summed E-state index contributed by atoms with van der Waals surface area (Å²) in [4.78, 5) is 6.87. The number of para-hydroxylation sites is 1. The van der Waals surface area contributed by atoms with Crippen molar-refractivity contribution >= 4 is 5.69 Å². The molecule has 0 bridgehead atoms. The Morgan fingerprint density at radius 3 is 2.52 bits per heavy atom. The first kappa shape index (κ1) is 14.1. The smallest absolute Gasteiger partial charge is 0.208 e. The van der Waals surface area contributed by atoms with Crippen molar-refractivity contribution in [2.75, 3.05) is 18.0 Å². The third-order valence-electron chi connectivity index (χ3n) is 4.23. The molecular formula is C17H23N3O. The second kappa shape index (κ2) is 6.31. The lowest BCUT2D eigenvalue weighted by molar-refractivity contribution is 0.378. The lowest BCUT2D eigenvalue weighted by Crippen LogP contribution is -2.42. The van der Waals surface area contributed by atoms with Crippen LogP contribution in [0.1, 0.15) is 30.2 Å². The van der Waals surface area contributed by atoms with Crippen molar-refractivity contribution in [1.82, 2.24) is 10.3 Å². The Morgan fingerprint density at radius 1 is 1.19 bits per heavy atom. The number of aryl methyl sites for hydroxylation is 2. The van der Waals surface area contributed by atoms with Gasteiger partial charge in [0.15, 0.2) is 0 Å². The molecule has 1 aliphatic heterocycles. The maximum atomic E-state index is 5.61. The molecule has 112 valence electrons. The largest absolute Gasteiger partial charge is 0.444 e. The molecule has 0 atom stereocenters. The quantitative estimate of drug-likeness (QED) is 0.937. The first-order chi connectivity index (χ1) is 10.2. The first-order valence-corrected chi connectivity index (χ1v) is 7.68. The Morgan fingerprint density at radius 2 is 1.90 bits per heavy atom. The van der Waals surface area contributed by atoms with Crippen LogP contribution in [0.4, 0.5) is 5.69 Å². The van der Waals surface area contributed by atoms with E-state index in [9.17, 15) is 0 Å². The van der Waals surface area contributed by atoms with E-state index < -0.39 is 0 Å². The third-order valence-corrected chi connectivity index (χ3v) is 4.23. The molecule has 1 N–H and O–H groups in total. The van der Waals surface area contributed by atoms with Crippen LogP contribution in [0.15, 0.2) is 34.7 Å². The molecule has 0 saturated carbocycles. The summed E-state index contributed by atoms with van der Waals surface area (Å²) in [7, 11) is 0. The number of rotatable bonds is 4. The topological polar surface area (TPSA) is 41.3 Å². The maximum Gasteiger partial charge on any atom is 0.208 e. The first-order valence-electron chi connectivity index (χ1n) is 7.68. The Labute approximate surface area is 126 Å². The molecule has 2 aromatic rings. The van der Waals surface area contributed by atoms with Gasteiger partial charge in [-0.1, -0.05) is 18.2 Å². The van der Waals surface area contributed by atoms with Crippen LogP contribution >= 0.6 is 0 Å². The summed E-state index contributed by atoms with van der Waals surface area (Å²) in [6, 6.07) is 11.2. The average Bonchev–Trinajstić information content (AvgIpc) is 2.85. The summed E-state index contributed by atoms with van der Waals surface area (Å²) in [6.45, 7) is 6.88. The van der Waals surface area contributed by atoms with Crippen LogP contribution in [0, 0.1) is 13.8 Å². The van der Waals surface area contributed by atoms with E-state index in [1.54, 1.807) is 0 Å². The van der Waals surface area contributed by atoms with Gasteiger partial charge in [0.25, 0.3) is 0 Å². The van der Waals surface area contributed by atoms with Gasteiger partial charge in [-0.05, 0) is 38.8 Å². The summed E-state index contributed by atoms with van der Waals surface area (Å²) in [5, 5.41) is 3.57. The molecule has 0 radical (unpaired) electrons. The normalized spacial score (nSPS) is 16.4. The molecule has 4 heteroatoms. The summed E-state index contributed by atoms with van der Waals surface area (Å²) < 4.78 is 5.61. The van der Waals surface area contributed by atoms with Crippen molar-refractivity contribution in [2.45, 2.75) is 39.3 Å². The number of piperidine rings is 1. The zero-order valence-electron chi connectivity index (χ0n) is 12.8. The number of hydrogen-bond donors (Lipinski definition) is 1. The standard InChI is InChI=1S/C17H23N3O/c1-13-14(2)21-17(19-13)12-18-15-8-10-20(11-9-15)16-6-4-3-5-7-16/h3-7,15,18H,8-12H2,1-2H3. The lowest BCUT2D eigenvalue weighted by Gasteiger charge is -2.33. The molecule has 3 rings (SSSR count). The molecule has 0 amide bonds. The van der Waals surface area contributed by atoms with Crippen molar-refractivity contribution in [3.8, 4) is 0 Å². The Bertz CT molecular complexity index is 551. The van der Waals surface area contributed by atoms with E-state index >= 15 is 0 Å². The molecule has 2 heterocycles. The molecule has 0 spiro atoms. The molecule has 21 heavy (non-hydrogen) atoms. The van der Waals surface area contributed by atoms with E-state index in [1.807, 2.05) is 13.8 Å². The van der Waals surface area contributed by atoms with Crippen LogP contribution in [0.3, 0.4) is 0 Å². The fraction of sp³-hybridized carbons (Fsp3) is 0.471. The van der Waals surface area contributed by atoms with Crippen LogP contribution in [0.5, 0.6) is 0 Å². The van der Waals surface area contributed by atoms with Gasteiger partial charge in [0, 0.05) is 24.8 Å². The Kier molecular flexibility index (Phi) is 4.25. The molecule has 1 fully saturated rings. The van der Waals surface area contributed by atoms with Crippen LogP contribution in [-0.2, 0) is 6.54 Å². The van der Waals surface area contributed by atoms with Gasteiger partial charge < -0.3 is 14.6 Å². The minimum Gasteiger partial charge on any atom is -0.444 e. The number of oxazole rings is 1. The van der Waals surface area contributed by atoms with Crippen molar-refractivity contribution in [3.63, 3.8) is 0 Å². The Hall–Kier alpha value is -1.81. The summed E-state index contributed by atoms with van der Waals surface area (Å²) in [5.41, 5.74) is 2.32. The van der Waals surface area contributed by atoms with E-state index in [-0.39, 0.29) is 0 Å². The number of aromatic nitrogens is 1. The second-order valence-corrected chi connectivity index (χ2v) is 5.73. The molecule has 1 aliphatic rings. The van der Waals surface area contributed by atoms with Gasteiger partial charge in [-0.15, -0.1) is 0 Å². The average molecular weight is 285 g/mol. The lowest BCUT2D eigenvalue weighted by atomic mass is 10.0. The zero-order chi connectivity index (χ0) is 14.7. The van der Waals surface area contributed by atoms with Gasteiger partial charge in [-0.3, -0.25) is 0 Å². The SMILES string of the molecule is Cc1nc(CNC2CCN(c3ccccc3)CC2)oc1C. The highest BCUT2D eigenvalue weighted by molar-refractivity contribution is 5.46.